The number of aryl methyl sites for hydroxylation is 1. The maximum absolute atomic E-state index is 12.2. The van der Waals surface area contributed by atoms with Crippen molar-refractivity contribution >= 4 is 16.8 Å². The van der Waals surface area contributed by atoms with Crippen LogP contribution in [0, 0.1) is 0 Å². The van der Waals surface area contributed by atoms with E-state index in [1.165, 1.54) is 48.7 Å². The summed E-state index contributed by atoms with van der Waals surface area (Å²) in [5, 5.41) is 40.3. The molecule has 0 saturated heterocycles. The fourth-order valence-electron chi connectivity index (χ4n) is 3.35. The van der Waals surface area contributed by atoms with E-state index in [1.807, 2.05) is 6.92 Å². The van der Waals surface area contributed by atoms with Gasteiger partial charge < -0.3 is 20.4 Å². The molecule has 3 aromatic rings. The molecule has 0 radical (unpaired) electrons. The van der Waals surface area contributed by atoms with Gasteiger partial charge in [0.1, 0.15) is 17.2 Å². The monoisotopic (exact) mass is 412 g/mol. The van der Waals surface area contributed by atoms with Crippen LogP contribution in [0.15, 0.2) is 53.4 Å². The second-order valence-electron chi connectivity index (χ2n) is 6.52. The number of hydrogen-bond acceptors (Lipinski definition) is 5. The van der Waals surface area contributed by atoms with Gasteiger partial charge in [-0.25, -0.2) is 4.79 Å². The summed E-state index contributed by atoms with van der Waals surface area (Å²) in [4.78, 5) is 12.2. The second kappa shape index (κ2) is 7.97. The van der Waals surface area contributed by atoms with Crippen LogP contribution in [0.1, 0.15) is 22.8 Å². The summed E-state index contributed by atoms with van der Waals surface area (Å²) in [7, 11) is -1.45. The van der Waals surface area contributed by atoms with Crippen LogP contribution in [0.5, 0.6) is 17.2 Å². The molecule has 150 valence electrons. The van der Waals surface area contributed by atoms with Crippen LogP contribution >= 0.6 is 0 Å². The number of carboxylic acids is 1. The van der Waals surface area contributed by atoms with Gasteiger partial charge in [0.25, 0.3) is 0 Å². The molecule has 0 amide bonds. The number of hydrogen-bond donors (Lipinski definition) is 4. The average Bonchev–Trinajstić information content (AvgIpc) is 2.68. The Balaban J connectivity index is 2.37. The Morgan fingerprint density at radius 3 is 2.07 bits per heavy atom. The van der Waals surface area contributed by atoms with E-state index in [4.69, 9.17) is 0 Å². The summed E-state index contributed by atoms with van der Waals surface area (Å²) in [5.74, 6) is -1.50. The minimum Gasteiger partial charge on any atom is -0.508 e. The van der Waals surface area contributed by atoms with Crippen LogP contribution in [-0.4, -0.2) is 36.9 Å². The van der Waals surface area contributed by atoms with E-state index in [2.05, 4.69) is 0 Å². The number of benzene rings is 3. The lowest BCUT2D eigenvalue weighted by atomic mass is 9.89. The van der Waals surface area contributed by atoms with Crippen molar-refractivity contribution < 1.29 is 29.4 Å². The summed E-state index contributed by atoms with van der Waals surface area (Å²) >= 11 is 0. The first-order chi connectivity index (χ1) is 13.7. The van der Waals surface area contributed by atoms with Gasteiger partial charge >= 0.3 is 5.97 Å². The Bertz CT molecular complexity index is 1140. The minimum absolute atomic E-state index is 0.0420. The lowest BCUT2D eigenvalue weighted by Gasteiger charge is -2.17. The zero-order chi connectivity index (χ0) is 21.3. The molecule has 0 aliphatic rings. The van der Waals surface area contributed by atoms with Crippen LogP contribution < -0.4 is 0 Å². The molecule has 0 fully saturated rings. The highest BCUT2D eigenvalue weighted by molar-refractivity contribution is 7.84. The Hall–Kier alpha value is -3.32. The van der Waals surface area contributed by atoms with E-state index in [0.717, 1.165) is 0 Å². The molecular weight excluding hydrogens is 392 g/mol. The molecule has 6 nitrogen and oxygen atoms in total. The second-order valence-corrected chi connectivity index (χ2v) is 7.87. The van der Waals surface area contributed by atoms with Gasteiger partial charge in [0.05, 0.1) is 21.3 Å². The number of aromatic carboxylic acids is 1. The number of carboxylic acid groups (broad SMARTS) is 1. The van der Waals surface area contributed by atoms with Crippen molar-refractivity contribution in [3.63, 3.8) is 0 Å². The smallest absolute Gasteiger partial charge is 0.336 e. The van der Waals surface area contributed by atoms with Gasteiger partial charge in [-0.3, -0.25) is 4.21 Å². The summed E-state index contributed by atoms with van der Waals surface area (Å²) in [6.07, 6.45) is 1.97. The van der Waals surface area contributed by atoms with Gasteiger partial charge in [-0.05, 0) is 60.0 Å². The van der Waals surface area contributed by atoms with Crippen molar-refractivity contribution in [2.24, 2.45) is 0 Å². The van der Waals surface area contributed by atoms with E-state index in [0.29, 0.717) is 33.6 Å². The van der Waals surface area contributed by atoms with E-state index in [1.54, 1.807) is 6.07 Å². The zero-order valence-electron chi connectivity index (χ0n) is 15.8. The molecule has 1 atom stereocenters. The molecule has 0 aliphatic heterocycles. The molecule has 0 bridgehead atoms. The molecule has 3 rings (SSSR count). The Morgan fingerprint density at radius 1 is 0.897 bits per heavy atom. The largest absolute Gasteiger partial charge is 0.508 e. The molecule has 0 saturated carbocycles. The molecular formula is C22H20O6S. The van der Waals surface area contributed by atoms with Crippen LogP contribution in [0.3, 0.4) is 0 Å². The third kappa shape index (κ3) is 3.82. The number of aromatic hydroxyl groups is 3. The molecule has 4 N–H and O–H groups in total. The first-order valence-corrected chi connectivity index (χ1v) is 10.4. The van der Waals surface area contributed by atoms with E-state index in [9.17, 15) is 29.4 Å². The van der Waals surface area contributed by atoms with E-state index < -0.39 is 16.8 Å². The topological polar surface area (TPSA) is 115 Å². The van der Waals surface area contributed by atoms with Crippen molar-refractivity contribution in [1.82, 2.24) is 0 Å². The molecule has 0 aromatic heterocycles. The van der Waals surface area contributed by atoms with Crippen molar-refractivity contribution in [2.45, 2.75) is 18.2 Å². The van der Waals surface area contributed by atoms with Crippen LogP contribution in [0.4, 0.5) is 0 Å². The molecule has 29 heavy (non-hydrogen) atoms. The normalized spacial score (nSPS) is 11.9. The summed E-state index contributed by atoms with van der Waals surface area (Å²) in [6, 6.07) is 11.7. The van der Waals surface area contributed by atoms with Crippen LogP contribution in [0.2, 0.25) is 0 Å². The quantitative estimate of drug-likeness (QED) is 0.501. The Morgan fingerprint density at radius 2 is 1.48 bits per heavy atom. The minimum atomic E-state index is -1.45. The maximum Gasteiger partial charge on any atom is 0.336 e. The molecule has 0 spiro atoms. The lowest BCUT2D eigenvalue weighted by Crippen LogP contribution is -2.03. The number of phenols is 3. The Labute approximate surface area is 170 Å². The first-order valence-electron chi connectivity index (χ1n) is 8.83. The average molecular weight is 412 g/mol. The molecule has 1 unspecified atom stereocenters. The van der Waals surface area contributed by atoms with Gasteiger partial charge in [0.15, 0.2) is 0 Å². The highest BCUT2D eigenvalue weighted by Crippen LogP contribution is 2.44. The van der Waals surface area contributed by atoms with Crippen molar-refractivity contribution in [3.8, 4) is 39.5 Å². The third-order valence-corrected chi connectivity index (χ3v) is 5.67. The zero-order valence-corrected chi connectivity index (χ0v) is 16.7. The number of carbonyl (C=O) groups is 1. The molecule has 7 heteroatoms. The first kappa shape index (κ1) is 20.4. The van der Waals surface area contributed by atoms with E-state index >= 15 is 0 Å². The lowest BCUT2D eigenvalue weighted by molar-refractivity contribution is 0.0697. The highest BCUT2D eigenvalue weighted by atomic mass is 32.2. The van der Waals surface area contributed by atoms with Gasteiger partial charge in [0.2, 0.25) is 0 Å². The Kier molecular flexibility index (Phi) is 5.61. The SMILES string of the molecule is CCc1cc(O)ccc1-c1c(C(=O)O)ccc(-c2ccc(O)cc2S(C)=O)c1O. The number of rotatable bonds is 5. The van der Waals surface area contributed by atoms with Crippen LogP contribution in [0.25, 0.3) is 22.3 Å². The molecule has 0 aliphatic carbocycles. The van der Waals surface area contributed by atoms with E-state index in [-0.39, 0.29) is 28.4 Å². The van der Waals surface area contributed by atoms with Gasteiger partial charge in [-0.1, -0.05) is 13.0 Å². The van der Waals surface area contributed by atoms with Crippen molar-refractivity contribution in [1.29, 1.82) is 0 Å². The third-order valence-electron chi connectivity index (χ3n) is 4.71. The standard InChI is InChI=1S/C22H20O6S/c1-3-12-10-13(23)4-6-15(12)20-18(22(26)27)9-8-17(21(20)25)16-7-5-14(24)11-19(16)29(2)28/h4-11,23-25H,3H2,1-2H3,(H,26,27). The van der Waals surface area contributed by atoms with Crippen LogP contribution in [-0.2, 0) is 17.2 Å². The predicted molar refractivity (Wildman–Crippen MR) is 111 cm³/mol. The summed E-state index contributed by atoms with van der Waals surface area (Å²) < 4.78 is 12.2. The van der Waals surface area contributed by atoms with Crippen molar-refractivity contribution in [2.75, 3.05) is 6.26 Å². The predicted octanol–water partition coefficient (Wildman–Crippen LogP) is 4.14. The summed E-state index contributed by atoms with van der Waals surface area (Å²) in [6.45, 7) is 1.86. The molecule has 0 heterocycles. The maximum atomic E-state index is 12.2. The van der Waals surface area contributed by atoms with Gasteiger partial charge in [-0.15, -0.1) is 0 Å². The molecule has 3 aromatic carbocycles. The van der Waals surface area contributed by atoms with Gasteiger partial charge in [-0.2, -0.15) is 0 Å². The fraction of sp³-hybridized carbons (Fsp3) is 0.136. The van der Waals surface area contributed by atoms with Gasteiger partial charge in [0, 0.05) is 22.9 Å². The number of phenolic OH excluding ortho intramolecular Hbond substituents is 3. The highest BCUT2D eigenvalue weighted by Gasteiger charge is 2.23. The summed E-state index contributed by atoms with van der Waals surface area (Å²) in [5.41, 5.74) is 1.91. The fourth-order valence-corrected chi connectivity index (χ4v) is 4.12. The van der Waals surface area contributed by atoms with Crippen molar-refractivity contribution in [3.05, 3.63) is 59.7 Å².